The molecule has 0 atom stereocenters. The molecule has 0 N–H and O–H groups in total. The fraction of sp³-hybridized carbons (Fsp3) is 0.378. The van der Waals surface area contributed by atoms with Crippen LogP contribution in [0.3, 0.4) is 0 Å². The Bertz CT molecular complexity index is 1200. The average molecular weight is 598 g/mol. The van der Waals surface area contributed by atoms with Crippen LogP contribution < -0.4 is 0 Å². The van der Waals surface area contributed by atoms with E-state index in [-0.39, 0.29) is 23.8 Å². The van der Waals surface area contributed by atoms with E-state index in [0.29, 0.717) is 6.61 Å². The minimum Gasteiger partial charge on any atom is -0.377 e. The smallest absolute Gasteiger partial charge is 0.131 e. The van der Waals surface area contributed by atoms with Crippen LogP contribution in [0.4, 0.5) is 17.6 Å². The third-order valence-electron chi connectivity index (χ3n) is 6.21. The lowest BCUT2D eigenvalue weighted by Crippen LogP contribution is -1.98. The number of benzene rings is 3. The van der Waals surface area contributed by atoms with Crippen LogP contribution in [0.2, 0.25) is 0 Å². The van der Waals surface area contributed by atoms with Crippen LogP contribution in [0.1, 0.15) is 82.2 Å². The minimum atomic E-state index is -0.552. The molecule has 2 nitrogen and oxygen atoms in total. The molecule has 0 bridgehead atoms. The molecule has 0 aliphatic rings. The van der Waals surface area contributed by atoms with Crippen molar-refractivity contribution >= 4 is 0 Å². The van der Waals surface area contributed by atoms with E-state index in [9.17, 15) is 17.6 Å². The summed E-state index contributed by atoms with van der Waals surface area (Å²) in [6.45, 7) is 8.69. The van der Waals surface area contributed by atoms with Crippen molar-refractivity contribution in [3.63, 3.8) is 0 Å². The van der Waals surface area contributed by atoms with Gasteiger partial charge >= 0.3 is 0 Å². The highest BCUT2D eigenvalue weighted by Crippen LogP contribution is 2.12. The Morgan fingerprint density at radius 2 is 1.09 bits per heavy atom. The highest BCUT2D eigenvalue weighted by molar-refractivity contribution is 5.19. The van der Waals surface area contributed by atoms with Crippen LogP contribution >= 0.6 is 0 Å². The van der Waals surface area contributed by atoms with E-state index < -0.39 is 11.6 Å². The van der Waals surface area contributed by atoms with E-state index in [4.69, 9.17) is 4.74 Å². The average Bonchev–Trinajstić information content (AvgIpc) is 3.02. The molecule has 0 spiro atoms. The van der Waals surface area contributed by atoms with Gasteiger partial charge in [-0.25, -0.2) is 17.6 Å². The first-order valence-electron chi connectivity index (χ1n) is 15.2. The van der Waals surface area contributed by atoms with Gasteiger partial charge in [0.1, 0.15) is 23.3 Å². The zero-order chi connectivity index (χ0) is 31.7. The van der Waals surface area contributed by atoms with Crippen molar-refractivity contribution in [3.05, 3.63) is 137 Å². The third-order valence-corrected chi connectivity index (χ3v) is 6.21. The fourth-order valence-corrected chi connectivity index (χ4v) is 3.75. The molecule has 6 heteroatoms. The maximum Gasteiger partial charge on any atom is 0.131 e. The second-order valence-electron chi connectivity index (χ2n) is 9.87. The van der Waals surface area contributed by atoms with E-state index in [1.54, 1.807) is 6.92 Å². The van der Waals surface area contributed by atoms with Crippen molar-refractivity contribution < 1.29 is 22.3 Å². The number of ether oxygens (including phenoxy) is 1. The van der Waals surface area contributed by atoms with Crippen molar-refractivity contribution in [1.82, 2.24) is 4.98 Å². The first-order chi connectivity index (χ1) is 20.8. The lowest BCUT2D eigenvalue weighted by Gasteiger charge is -2.03. The van der Waals surface area contributed by atoms with E-state index in [1.807, 2.05) is 42.6 Å². The van der Waals surface area contributed by atoms with Gasteiger partial charge in [-0.1, -0.05) is 76.4 Å². The van der Waals surface area contributed by atoms with Gasteiger partial charge in [0.2, 0.25) is 0 Å². The summed E-state index contributed by atoms with van der Waals surface area (Å²) in [6, 6.07) is 23.3. The van der Waals surface area contributed by atoms with Gasteiger partial charge in [0.25, 0.3) is 0 Å². The number of aryl methyl sites for hydroxylation is 3. The van der Waals surface area contributed by atoms with Gasteiger partial charge < -0.3 is 4.74 Å². The van der Waals surface area contributed by atoms with Crippen LogP contribution in [0, 0.1) is 23.3 Å². The van der Waals surface area contributed by atoms with Gasteiger partial charge in [0.05, 0.1) is 6.61 Å². The molecule has 0 saturated carbocycles. The largest absolute Gasteiger partial charge is 0.377 e. The molecule has 43 heavy (non-hydrogen) atoms. The summed E-state index contributed by atoms with van der Waals surface area (Å²) in [5, 5.41) is 0. The molecule has 0 radical (unpaired) electrons. The summed E-state index contributed by atoms with van der Waals surface area (Å²) in [5.74, 6) is -1.41. The van der Waals surface area contributed by atoms with Crippen molar-refractivity contribution in [2.75, 3.05) is 6.61 Å². The maximum absolute atomic E-state index is 12.9. The zero-order valence-electron chi connectivity index (χ0n) is 26.1. The number of rotatable bonds is 11. The summed E-state index contributed by atoms with van der Waals surface area (Å²) < 4.78 is 55.3. The first-order valence-corrected chi connectivity index (χ1v) is 15.2. The number of unbranched alkanes of at least 4 members (excludes halogenated alkanes) is 2. The van der Waals surface area contributed by atoms with E-state index in [1.165, 1.54) is 85.0 Å². The Kier molecular flexibility index (Phi) is 20.9. The number of nitrogens with zero attached hydrogens (tertiary/aromatic N) is 1. The number of pyridine rings is 1. The summed E-state index contributed by atoms with van der Waals surface area (Å²) in [7, 11) is 0. The summed E-state index contributed by atoms with van der Waals surface area (Å²) in [4.78, 5) is 4.22. The molecule has 4 aromatic rings. The Labute approximate surface area is 256 Å². The van der Waals surface area contributed by atoms with Gasteiger partial charge in [-0.15, -0.1) is 0 Å². The molecule has 3 aromatic carbocycles. The quantitative estimate of drug-likeness (QED) is 0.160. The predicted molar refractivity (Wildman–Crippen MR) is 170 cm³/mol. The van der Waals surface area contributed by atoms with E-state index >= 15 is 0 Å². The van der Waals surface area contributed by atoms with Gasteiger partial charge in [-0.3, -0.25) is 4.98 Å². The van der Waals surface area contributed by atoms with E-state index in [2.05, 4.69) is 31.8 Å². The Morgan fingerprint density at radius 1 is 0.558 bits per heavy atom. The highest BCUT2D eigenvalue weighted by Gasteiger charge is 2.06. The van der Waals surface area contributed by atoms with Crippen LogP contribution in [0.25, 0.3) is 0 Å². The van der Waals surface area contributed by atoms with Crippen molar-refractivity contribution in [1.29, 1.82) is 0 Å². The molecular formula is C37H47F4NO. The van der Waals surface area contributed by atoms with Crippen LogP contribution in [0.5, 0.6) is 0 Å². The van der Waals surface area contributed by atoms with Crippen molar-refractivity contribution in [2.45, 2.75) is 85.7 Å². The SMILES string of the molecule is CCCCc1ccc(F)cc1.CCCCc1ccccn1.CCCc1ccc(F)cc1.CCOCc1c(F)cccc1F. The van der Waals surface area contributed by atoms with Gasteiger partial charge in [0, 0.05) is 24.1 Å². The maximum atomic E-state index is 12.9. The molecule has 4 rings (SSSR count). The molecule has 1 aromatic heterocycles. The standard InChI is InChI=1S/C10H13F.C9H10F2O.C9H11F.C9H13N/c1-2-3-4-9-5-7-10(11)8-6-9;1-2-12-6-7-8(10)4-3-5-9(7)11;1-2-3-8-4-6-9(10)7-5-8;1-2-3-6-9-7-4-5-8-10-9/h5-8H,2-4H2,1H3;3-5H,2,6H2,1H3;4-7H,2-3H2,1H3;4-5,7-8H,2-3,6H2,1H3. The predicted octanol–water partition coefficient (Wildman–Crippen LogP) is 10.9. The Hall–Kier alpha value is -3.51. The highest BCUT2D eigenvalue weighted by atomic mass is 19.1. The number of aromatic nitrogens is 1. The molecular weight excluding hydrogens is 550 g/mol. The van der Waals surface area contributed by atoms with Crippen molar-refractivity contribution in [2.24, 2.45) is 0 Å². The second-order valence-corrected chi connectivity index (χ2v) is 9.87. The Balaban J connectivity index is 0.000000287. The molecule has 0 saturated heterocycles. The topological polar surface area (TPSA) is 22.1 Å². The third kappa shape index (κ3) is 17.9. The molecule has 0 aliphatic carbocycles. The minimum absolute atomic E-state index is 0.000602. The molecule has 1 heterocycles. The normalized spacial score (nSPS) is 9.95. The summed E-state index contributed by atoms with van der Waals surface area (Å²) in [6.07, 6.45) is 11.1. The summed E-state index contributed by atoms with van der Waals surface area (Å²) in [5.41, 5.74) is 3.65. The molecule has 0 amide bonds. The molecule has 0 unspecified atom stereocenters. The van der Waals surface area contributed by atoms with Gasteiger partial charge in [-0.2, -0.15) is 0 Å². The molecule has 0 aliphatic heterocycles. The van der Waals surface area contributed by atoms with Gasteiger partial charge in [-0.05, 0) is 98.7 Å². The zero-order valence-corrected chi connectivity index (χ0v) is 26.1. The Morgan fingerprint density at radius 3 is 1.56 bits per heavy atom. The van der Waals surface area contributed by atoms with Crippen LogP contribution in [0.15, 0.2) is 91.1 Å². The van der Waals surface area contributed by atoms with E-state index in [0.717, 1.165) is 25.7 Å². The number of halogens is 4. The lowest BCUT2D eigenvalue weighted by atomic mass is 10.1. The first kappa shape index (κ1) is 37.5. The van der Waals surface area contributed by atoms with Crippen LogP contribution in [-0.4, -0.2) is 11.6 Å². The molecule has 0 fully saturated rings. The molecule has 234 valence electrons. The second kappa shape index (κ2) is 24.0. The fourth-order valence-electron chi connectivity index (χ4n) is 3.75. The van der Waals surface area contributed by atoms with Crippen LogP contribution in [-0.2, 0) is 30.6 Å². The summed E-state index contributed by atoms with van der Waals surface area (Å²) >= 11 is 0. The monoisotopic (exact) mass is 597 g/mol. The van der Waals surface area contributed by atoms with Gasteiger partial charge in [0.15, 0.2) is 0 Å². The number of hydrogen-bond donors (Lipinski definition) is 0. The number of hydrogen-bond acceptors (Lipinski definition) is 2. The van der Waals surface area contributed by atoms with Crippen molar-refractivity contribution in [3.8, 4) is 0 Å². The lowest BCUT2D eigenvalue weighted by molar-refractivity contribution is 0.128.